The molecule has 1 nitrogen and oxygen atoms in total. The molecule has 0 unspecified atom stereocenters. The fourth-order valence-electron chi connectivity index (χ4n) is 2.19. The molecule has 0 fully saturated rings. The lowest BCUT2D eigenvalue weighted by atomic mass is 10.1. The summed E-state index contributed by atoms with van der Waals surface area (Å²) < 4.78 is 0. The number of para-hydroxylation sites is 1. The summed E-state index contributed by atoms with van der Waals surface area (Å²) in [5.74, 6) is 0. The summed E-state index contributed by atoms with van der Waals surface area (Å²) in [5, 5.41) is 5.66. The van der Waals surface area contributed by atoms with Crippen LogP contribution in [0, 0.1) is 6.92 Å². The average molecular weight is 279 g/mol. The van der Waals surface area contributed by atoms with Crippen molar-refractivity contribution in [2.45, 2.75) is 13.5 Å². The van der Waals surface area contributed by atoms with Gasteiger partial charge in [-0.15, -0.1) is 11.3 Å². The van der Waals surface area contributed by atoms with Crippen molar-refractivity contribution in [2.75, 3.05) is 5.32 Å². The Bertz CT molecular complexity index is 669. The zero-order valence-corrected chi connectivity index (χ0v) is 12.3. The second kappa shape index (κ2) is 5.93. The number of anilines is 1. The second-order valence-corrected chi connectivity index (χ2v) is 5.81. The first kappa shape index (κ1) is 12.9. The van der Waals surface area contributed by atoms with Gasteiger partial charge in [-0.05, 0) is 30.0 Å². The van der Waals surface area contributed by atoms with E-state index in [2.05, 4.69) is 78.3 Å². The third kappa shape index (κ3) is 2.91. The van der Waals surface area contributed by atoms with Crippen molar-refractivity contribution in [2.24, 2.45) is 0 Å². The third-order valence-corrected chi connectivity index (χ3v) is 4.22. The molecule has 0 bridgehead atoms. The van der Waals surface area contributed by atoms with Crippen LogP contribution in [0.4, 0.5) is 5.69 Å². The van der Waals surface area contributed by atoms with E-state index in [1.165, 1.54) is 27.3 Å². The highest BCUT2D eigenvalue weighted by molar-refractivity contribution is 7.13. The van der Waals surface area contributed by atoms with E-state index in [0.717, 1.165) is 6.54 Å². The van der Waals surface area contributed by atoms with Crippen molar-refractivity contribution in [1.29, 1.82) is 0 Å². The van der Waals surface area contributed by atoms with Crippen LogP contribution in [0.25, 0.3) is 10.4 Å². The first-order valence-electron chi connectivity index (χ1n) is 6.75. The molecule has 0 radical (unpaired) electrons. The summed E-state index contributed by atoms with van der Waals surface area (Å²) in [5.41, 5.74) is 5.06. The molecule has 2 heteroatoms. The molecular formula is C18H17NS. The molecule has 0 saturated carbocycles. The van der Waals surface area contributed by atoms with Crippen LogP contribution < -0.4 is 5.32 Å². The quantitative estimate of drug-likeness (QED) is 0.680. The lowest BCUT2D eigenvalue weighted by Gasteiger charge is -2.11. The van der Waals surface area contributed by atoms with E-state index in [4.69, 9.17) is 0 Å². The van der Waals surface area contributed by atoms with Gasteiger partial charge in [-0.25, -0.2) is 0 Å². The fourth-order valence-corrected chi connectivity index (χ4v) is 2.95. The molecule has 0 spiro atoms. The highest BCUT2D eigenvalue weighted by Gasteiger charge is 2.04. The number of thiophene rings is 1. The number of hydrogen-bond donors (Lipinski definition) is 1. The van der Waals surface area contributed by atoms with E-state index in [-0.39, 0.29) is 0 Å². The van der Waals surface area contributed by atoms with Gasteiger partial charge >= 0.3 is 0 Å². The molecule has 3 aromatic rings. The topological polar surface area (TPSA) is 12.0 Å². The fraction of sp³-hybridized carbons (Fsp3) is 0.111. The SMILES string of the molecule is Cc1ccc(CNc2ccccc2-c2cccs2)cc1. The summed E-state index contributed by atoms with van der Waals surface area (Å²) in [6.07, 6.45) is 0. The van der Waals surface area contributed by atoms with Crippen molar-refractivity contribution in [3.8, 4) is 10.4 Å². The van der Waals surface area contributed by atoms with Crippen molar-refractivity contribution in [3.63, 3.8) is 0 Å². The summed E-state index contributed by atoms with van der Waals surface area (Å²) >= 11 is 1.77. The monoisotopic (exact) mass is 279 g/mol. The number of aryl methyl sites for hydroxylation is 1. The van der Waals surface area contributed by atoms with Crippen LogP contribution in [0.1, 0.15) is 11.1 Å². The highest BCUT2D eigenvalue weighted by Crippen LogP contribution is 2.31. The number of benzene rings is 2. The Hall–Kier alpha value is -2.06. The summed E-state index contributed by atoms with van der Waals surface area (Å²) in [6, 6.07) is 21.4. The molecule has 1 heterocycles. The average Bonchev–Trinajstić information content (AvgIpc) is 3.01. The van der Waals surface area contributed by atoms with E-state index in [1.807, 2.05) is 0 Å². The van der Waals surface area contributed by atoms with E-state index in [9.17, 15) is 0 Å². The van der Waals surface area contributed by atoms with Gasteiger partial charge in [-0.2, -0.15) is 0 Å². The Balaban J connectivity index is 1.79. The number of hydrogen-bond acceptors (Lipinski definition) is 2. The Morgan fingerprint density at radius 3 is 2.45 bits per heavy atom. The van der Waals surface area contributed by atoms with Gasteiger partial charge in [-0.1, -0.05) is 54.1 Å². The smallest absolute Gasteiger partial charge is 0.0430 e. The molecule has 0 amide bonds. The minimum atomic E-state index is 0.850. The molecule has 2 aromatic carbocycles. The zero-order chi connectivity index (χ0) is 13.8. The van der Waals surface area contributed by atoms with Crippen molar-refractivity contribution < 1.29 is 0 Å². The first-order valence-corrected chi connectivity index (χ1v) is 7.63. The predicted octanol–water partition coefficient (Wildman–Crippen LogP) is 5.34. The summed E-state index contributed by atoms with van der Waals surface area (Å²) in [6.45, 7) is 2.96. The maximum Gasteiger partial charge on any atom is 0.0430 e. The lowest BCUT2D eigenvalue weighted by molar-refractivity contribution is 1.15. The van der Waals surface area contributed by atoms with Gasteiger partial charge in [0.15, 0.2) is 0 Å². The van der Waals surface area contributed by atoms with Crippen molar-refractivity contribution in [3.05, 3.63) is 77.2 Å². The van der Waals surface area contributed by atoms with Crippen LogP contribution in [0.2, 0.25) is 0 Å². The molecule has 0 aliphatic carbocycles. The molecule has 20 heavy (non-hydrogen) atoms. The molecule has 1 aromatic heterocycles. The summed E-state index contributed by atoms with van der Waals surface area (Å²) in [7, 11) is 0. The van der Waals surface area contributed by atoms with Gasteiger partial charge in [0.1, 0.15) is 0 Å². The lowest BCUT2D eigenvalue weighted by Crippen LogP contribution is -2.00. The summed E-state index contributed by atoms with van der Waals surface area (Å²) in [4.78, 5) is 1.30. The van der Waals surface area contributed by atoms with E-state index < -0.39 is 0 Å². The van der Waals surface area contributed by atoms with Crippen LogP contribution in [0.3, 0.4) is 0 Å². The van der Waals surface area contributed by atoms with Gasteiger partial charge in [0.25, 0.3) is 0 Å². The van der Waals surface area contributed by atoms with Crippen LogP contribution in [-0.2, 0) is 6.54 Å². The minimum absolute atomic E-state index is 0.850. The van der Waals surface area contributed by atoms with Crippen LogP contribution >= 0.6 is 11.3 Å². The third-order valence-electron chi connectivity index (χ3n) is 3.32. The molecule has 0 saturated heterocycles. The predicted molar refractivity (Wildman–Crippen MR) is 88.3 cm³/mol. The van der Waals surface area contributed by atoms with Gasteiger partial charge in [-0.3, -0.25) is 0 Å². The van der Waals surface area contributed by atoms with Gasteiger partial charge in [0.2, 0.25) is 0 Å². The Morgan fingerprint density at radius 2 is 1.70 bits per heavy atom. The Morgan fingerprint density at radius 1 is 0.900 bits per heavy atom. The van der Waals surface area contributed by atoms with Crippen LogP contribution in [-0.4, -0.2) is 0 Å². The second-order valence-electron chi connectivity index (χ2n) is 4.86. The number of rotatable bonds is 4. The molecule has 3 rings (SSSR count). The molecule has 0 atom stereocenters. The molecule has 100 valence electrons. The zero-order valence-electron chi connectivity index (χ0n) is 11.5. The minimum Gasteiger partial charge on any atom is -0.380 e. The normalized spacial score (nSPS) is 10.4. The first-order chi connectivity index (χ1) is 9.83. The molecule has 0 aliphatic heterocycles. The van der Waals surface area contributed by atoms with Crippen molar-refractivity contribution in [1.82, 2.24) is 0 Å². The van der Waals surface area contributed by atoms with E-state index in [0.29, 0.717) is 0 Å². The standard InChI is InChI=1S/C18H17NS/c1-14-8-10-15(11-9-14)13-19-17-6-3-2-5-16(17)18-7-4-12-20-18/h2-12,19H,13H2,1H3. The Labute approximate surface area is 123 Å². The van der Waals surface area contributed by atoms with E-state index in [1.54, 1.807) is 11.3 Å². The van der Waals surface area contributed by atoms with Gasteiger partial charge in [0.05, 0.1) is 0 Å². The highest BCUT2D eigenvalue weighted by atomic mass is 32.1. The Kier molecular flexibility index (Phi) is 3.84. The molecular weight excluding hydrogens is 262 g/mol. The van der Waals surface area contributed by atoms with Gasteiger partial charge in [0, 0.05) is 22.7 Å². The van der Waals surface area contributed by atoms with Crippen molar-refractivity contribution >= 4 is 17.0 Å². The van der Waals surface area contributed by atoms with Crippen LogP contribution in [0.15, 0.2) is 66.0 Å². The largest absolute Gasteiger partial charge is 0.380 e. The van der Waals surface area contributed by atoms with Gasteiger partial charge < -0.3 is 5.32 Å². The maximum absolute atomic E-state index is 3.54. The number of nitrogens with one attached hydrogen (secondary N) is 1. The molecule has 1 N–H and O–H groups in total. The van der Waals surface area contributed by atoms with Crippen LogP contribution in [0.5, 0.6) is 0 Å². The maximum atomic E-state index is 3.54. The molecule has 0 aliphatic rings. The van der Waals surface area contributed by atoms with E-state index >= 15 is 0 Å².